The summed E-state index contributed by atoms with van der Waals surface area (Å²) >= 11 is 1.40. The Labute approximate surface area is 157 Å². The lowest BCUT2D eigenvalue weighted by Gasteiger charge is -2.09. The first-order valence-electron chi connectivity index (χ1n) is 8.47. The van der Waals surface area contributed by atoms with Crippen LogP contribution in [0.3, 0.4) is 0 Å². The maximum absolute atomic E-state index is 12.7. The van der Waals surface area contributed by atoms with Gasteiger partial charge in [-0.25, -0.2) is 4.98 Å². The molecule has 0 aliphatic rings. The Kier molecular flexibility index (Phi) is 5.39. The molecule has 0 saturated heterocycles. The summed E-state index contributed by atoms with van der Waals surface area (Å²) in [5.74, 6) is 0.0280. The molecule has 144 valence electrons. The van der Waals surface area contributed by atoms with Gasteiger partial charge in [0.25, 0.3) is 5.56 Å². The number of hydrogen-bond donors (Lipinski definition) is 1. The predicted octanol–water partition coefficient (Wildman–Crippen LogP) is 3.84. The first-order valence-corrected chi connectivity index (χ1v) is 9.28. The van der Waals surface area contributed by atoms with Crippen LogP contribution in [0.1, 0.15) is 34.3 Å². The van der Waals surface area contributed by atoms with Gasteiger partial charge in [-0.05, 0) is 37.0 Å². The Hall–Kier alpha value is -2.19. The highest BCUT2D eigenvalue weighted by molar-refractivity contribution is 7.17. The van der Waals surface area contributed by atoms with E-state index in [9.17, 15) is 23.1 Å². The van der Waals surface area contributed by atoms with E-state index in [1.807, 2.05) is 13.8 Å². The molecule has 0 aliphatic carbocycles. The van der Waals surface area contributed by atoms with Gasteiger partial charge in [-0.15, -0.1) is 11.3 Å². The summed E-state index contributed by atoms with van der Waals surface area (Å²) in [6.45, 7) is 3.85. The number of rotatable bonds is 5. The van der Waals surface area contributed by atoms with E-state index in [0.717, 1.165) is 22.7 Å². The summed E-state index contributed by atoms with van der Waals surface area (Å²) in [6, 6.07) is 6.29. The average Bonchev–Trinajstić information content (AvgIpc) is 2.90. The molecule has 3 aromatic rings. The van der Waals surface area contributed by atoms with Gasteiger partial charge in [0.2, 0.25) is 0 Å². The smallest absolute Gasteiger partial charge is 0.396 e. The zero-order valence-electron chi connectivity index (χ0n) is 14.9. The van der Waals surface area contributed by atoms with Crippen molar-refractivity contribution in [2.45, 2.75) is 32.9 Å². The highest BCUT2D eigenvalue weighted by atomic mass is 32.1. The van der Waals surface area contributed by atoms with E-state index in [-0.39, 0.29) is 24.5 Å². The lowest BCUT2D eigenvalue weighted by molar-refractivity contribution is -0.137. The second-order valence-electron chi connectivity index (χ2n) is 6.67. The number of thiazole rings is 1. The number of hydrogen-bond acceptors (Lipinski definition) is 4. The third-order valence-electron chi connectivity index (χ3n) is 4.38. The van der Waals surface area contributed by atoms with Crippen LogP contribution in [0.5, 0.6) is 0 Å². The van der Waals surface area contributed by atoms with E-state index in [1.165, 1.54) is 29.5 Å². The molecular weight excluding hydrogens is 377 g/mol. The molecule has 0 bridgehead atoms. The van der Waals surface area contributed by atoms with Gasteiger partial charge in [0.15, 0.2) is 4.96 Å². The molecule has 0 saturated carbocycles. The number of nitrogens with zero attached hydrogens (tertiary/aromatic N) is 2. The number of benzene rings is 1. The molecule has 0 radical (unpaired) electrons. The molecule has 1 aromatic carbocycles. The van der Waals surface area contributed by atoms with Gasteiger partial charge in [-0.1, -0.05) is 19.1 Å². The van der Waals surface area contributed by atoms with Crippen molar-refractivity contribution in [2.75, 3.05) is 6.61 Å². The largest absolute Gasteiger partial charge is 0.416 e. The number of aliphatic hydroxyl groups is 1. The normalized spacial score (nSPS) is 13.3. The highest BCUT2D eigenvalue weighted by Crippen LogP contribution is 2.29. The van der Waals surface area contributed by atoms with E-state index in [1.54, 1.807) is 4.40 Å². The molecule has 2 aromatic heterocycles. The van der Waals surface area contributed by atoms with E-state index >= 15 is 0 Å². The molecular formula is C19H19F3N2O2S. The quantitative estimate of drug-likeness (QED) is 0.713. The first-order chi connectivity index (χ1) is 12.7. The van der Waals surface area contributed by atoms with Gasteiger partial charge >= 0.3 is 6.18 Å². The molecule has 1 unspecified atom stereocenters. The summed E-state index contributed by atoms with van der Waals surface area (Å²) in [6.07, 6.45) is -3.52. The van der Waals surface area contributed by atoms with Crippen LogP contribution < -0.4 is 5.56 Å². The average molecular weight is 396 g/mol. The minimum absolute atomic E-state index is 0.0280. The van der Waals surface area contributed by atoms with Gasteiger partial charge in [0.05, 0.1) is 11.3 Å². The molecule has 2 heterocycles. The third kappa shape index (κ3) is 4.22. The Bertz CT molecular complexity index is 1010. The fourth-order valence-electron chi connectivity index (χ4n) is 2.92. The molecule has 27 heavy (non-hydrogen) atoms. The number of halogens is 3. The Morgan fingerprint density at radius 2 is 1.93 bits per heavy atom. The third-order valence-corrected chi connectivity index (χ3v) is 5.38. The Morgan fingerprint density at radius 1 is 1.26 bits per heavy atom. The molecule has 0 spiro atoms. The van der Waals surface area contributed by atoms with Crippen molar-refractivity contribution in [3.63, 3.8) is 0 Å². The summed E-state index contributed by atoms with van der Waals surface area (Å²) in [5.41, 5.74) is 1.09. The van der Waals surface area contributed by atoms with Crippen LogP contribution in [0, 0.1) is 12.8 Å². The number of alkyl halides is 3. The van der Waals surface area contributed by atoms with Crippen molar-refractivity contribution >= 4 is 16.3 Å². The summed E-state index contributed by atoms with van der Waals surface area (Å²) < 4.78 is 39.5. The van der Waals surface area contributed by atoms with E-state index in [0.29, 0.717) is 22.6 Å². The molecule has 1 N–H and O–H groups in total. The molecule has 8 heteroatoms. The minimum Gasteiger partial charge on any atom is -0.396 e. The van der Waals surface area contributed by atoms with Crippen molar-refractivity contribution in [3.05, 3.63) is 68.1 Å². The van der Waals surface area contributed by atoms with Crippen molar-refractivity contribution in [2.24, 2.45) is 5.92 Å². The van der Waals surface area contributed by atoms with E-state index < -0.39 is 11.7 Å². The number of aryl methyl sites for hydroxylation is 1. The van der Waals surface area contributed by atoms with Gasteiger partial charge in [-0.3, -0.25) is 9.20 Å². The summed E-state index contributed by atoms with van der Waals surface area (Å²) in [7, 11) is 0. The topological polar surface area (TPSA) is 54.6 Å². The van der Waals surface area contributed by atoms with Crippen LogP contribution in [0.2, 0.25) is 0 Å². The lowest BCUT2D eigenvalue weighted by Crippen LogP contribution is -2.18. The predicted molar refractivity (Wildman–Crippen MR) is 98.3 cm³/mol. The van der Waals surface area contributed by atoms with Gasteiger partial charge in [0.1, 0.15) is 0 Å². The standard InChI is InChI=1S/C19H19F3N2O2S/c1-11(10-25)7-16-12(2)27-18-23-15(9-17(26)24(16)18)8-13-3-5-14(6-4-13)19(20,21)22/h3-6,9,11,25H,7-8,10H2,1-2H3. The van der Waals surface area contributed by atoms with Crippen molar-refractivity contribution < 1.29 is 18.3 Å². The lowest BCUT2D eigenvalue weighted by atomic mass is 10.1. The minimum atomic E-state index is -4.37. The fraction of sp³-hybridized carbons (Fsp3) is 0.368. The SMILES string of the molecule is Cc1sc2nc(Cc3ccc(C(F)(F)F)cc3)cc(=O)n2c1CC(C)CO. The monoisotopic (exact) mass is 396 g/mol. The van der Waals surface area contributed by atoms with E-state index in [2.05, 4.69) is 4.98 Å². The van der Waals surface area contributed by atoms with Crippen molar-refractivity contribution in [3.8, 4) is 0 Å². The fourth-order valence-corrected chi connectivity index (χ4v) is 3.94. The molecule has 0 aliphatic heterocycles. The van der Waals surface area contributed by atoms with Crippen LogP contribution in [0.4, 0.5) is 13.2 Å². The zero-order valence-corrected chi connectivity index (χ0v) is 15.7. The van der Waals surface area contributed by atoms with Gasteiger partial charge in [0, 0.05) is 29.7 Å². The van der Waals surface area contributed by atoms with E-state index in [4.69, 9.17) is 0 Å². The zero-order chi connectivity index (χ0) is 19.8. The second kappa shape index (κ2) is 7.44. The Morgan fingerprint density at radius 3 is 2.52 bits per heavy atom. The van der Waals surface area contributed by atoms with Gasteiger partial charge < -0.3 is 5.11 Å². The number of fused-ring (bicyclic) bond motifs is 1. The second-order valence-corrected chi connectivity index (χ2v) is 7.85. The van der Waals surface area contributed by atoms with Crippen LogP contribution in [0.15, 0.2) is 35.1 Å². The molecule has 0 fully saturated rings. The number of aliphatic hydroxyl groups excluding tert-OH is 1. The molecule has 0 amide bonds. The number of aromatic nitrogens is 2. The Balaban J connectivity index is 1.92. The van der Waals surface area contributed by atoms with Crippen molar-refractivity contribution in [1.29, 1.82) is 0 Å². The highest BCUT2D eigenvalue weighted by Gasteiger charge is 2.29. The van der Waals surface area contributed by atoms with Crippen molar-refractivity contribution in [1.82, 2.24) is 9.38 Å². The maximum atomic E-state index is 12.7. The summed E-state index contributed by atoms with van der Waals surface area (Å²) in [4.78, 5) is 18.6. The van der Waals surface area contributed by atoms with Crippen LogP contribution >= 0.6 is 11.3 Å². The molecule has 3 rings (SSSR count). The van der Waals surface area contributed by atoms with Crippen LogP contribution in [0.25, 0.3) is 4.96 Å². The van der Waals surface area contributed by atoms with Crippen LogP contribution in [-0.2, 0) is 19.0 Å². The first kappa shape index (κ1) is 19.6. The van der Waals surface area contributed by atoms with Crippen LogP contribution in [-0.4, -0.2) is 21.1 Å². The summed E-state index contributed by atoms with van der Waals surface area (Å²) in [5, 5.41) is 9.27. The molecule has 1 atom stereocenters. The molecule has 4 nitrogen and oxygen atoms in total. The maximum Gasteiger partial charge on any atom is 0.416 e. The van der Waals surface area contributed by atoms with Gasteiger partial charge in [-0.2, -0.15) is 13.2 Å².